The van der Waals surface area contributed by atoms with Gasteiger partial charge in [-0.2, -0.15) is 0 Å². The molecule has 0 aromatic rings. The zero-order chi connectivity index (χ0) is 17.2. The number of aliphatic carboxylic acids is 2. The van der Waals surface area contributed by atoms with Crippen molar-refractivity contribution in [3.05, 3.63) is 0 Å². The van der Waals surface area contributed by atoms with E-state index in [1.807, 2.05) is 0 Å². The molecule has 21 heavy (non-hydrogen) atoms. The van der Waals surface area contributed by atoms with E-state index < -0.39 is 44.8 Å². The number of halogens is 4. The molecular formula is C8H6Cl4O9. The summed E-state index contributed by atoms with van der Waals surface area (Å²) < 4.78 is 3.79. The van der Waals surface area contributed by atoms with Crippen LogP contribution in [-0.4, -0.2) is 65.2 Å². The Hall–Kier alpha value is -0.840. The van der Waals surface area contributed by atoms with Crippen molar-refractivity contribution >= 4 is 70.3 Å². The fraction of sp³-hybridized carbons (Fsp3) is 0.500. The topological polar surface area (TPSA) is 158 Å². The highest BCUT2D eigenvalue weighted by atomic mass is 35.5. The van der Waals surface area contributed by atoms with E-state index in [0.717, 1.165) is 0 Å². The predicted molar refractivity (Wildman–Crippen MR) is 67.3 cm³/mol. The van der Waals surface area contributed by atoms with E-state index in [9.17, 15) is 29.4 Å². The molecule has 4 unspecified atom stereocenters. The second-order valence-corrected chi connectivity index (χ2v) is 5.45. The number of hydrogen-bond acceptors (Lipinski definition) is 7. The number of hydrogen-bond donors (Lipinski definition) is 4. The molecule has 0 aliphatic heterocycles. The first kappa shape index (κ1) is 20.2. The molecule has 0 fully saturated rings. The third kappa shape index (κ3) is 4.56. The minimum Gasteiger partial charge on any atom is -0.480 e. The number of carboxylic acids is 2. The van der Waals surface area contributed by atoms with E-state index in [1.54, 1.807) is 0 Å². The van der Waals surface area contributed by atoms with Crippen LogP contribution in [0.15, 0.2) is 0 Å². The molecule has 0 spiro atoms. The maximum absolute atomic E-state index is 11.3. The van der Waals surface area contributed by atoms with E-state index in [-0.39, 0.29) is 0 Å². The van der Waals surface area contributed by atoms with Gasteiger partial charge in [-0.05, 0) is 0 Å². The number of alkyl halides is 4. The van der Waals surface area contributed by atoms with Gasteiger partial charge in [0, 0.05) is 0 Å². The molecular weight excluding hydrogens is 382 g/mol. The van der Waals surface area contributed by atoms with Crippen LogP contribution in [0.1, 0.15) is 0 Å². The SMILES string of the molecule is O=C(O)C(Cl)C(O)(Cl)C(=O)OC(=O)C(O)(Cl)C(Cl)C(=O)O. The lowest BCUT2D eigenvalue weighted by Gasteiger charge is -2.24. The van der Waals surface area contributed by atoms with Gasteiger partial charge >= 0.3 is 23.9 Å². The fourth-order valence-corrected chi connectivity index (χ4v) is 1.20. The maximum atomic E-state index is 11.3. The van der Waals surface area contributed by atoms with Gasteiger partial charge in [-0.25, -0.2) is 9.59 Å². The van der Waals surface area contributed by atoms with Crippen molar-refractivity contribution in [1.29, 1.82) is 0 Å². The Morgan fingerprint density at radius 3 is 1.24 bits per heavy atom. The number of carbonyl (C=O) groups excluding carboxylic acids is 2. The van der Waals surface area contributed by atoms with E-state index in [1.165, 1.54) is 0 Å². The average molecular weight is 388 g/mol. The number of ether oxygens (including phenoxy) is 1. The number of aliphatic hydroxyl groups is 2. The van der Waals surface area contributed by atoms with Crippen molar-refractivity contribution in [1.82, 2.24) is 0 Å². The zero-order valence-electron chi connectivity index (χ0n) is 9.50. The monoisotopic (exact) mass is 386 g/mol. The normalized spacial score (nSPS) is 19.5. The van der Waals surface area contributed by atoms with E-state index in [2.05, 4.69) is 4.74 Å². The summed E-state index contributed by atoms with van der Waals surface area (Å²) >= 11 is 20.4. The largest absolute Gasteiger partial charge is 0.480 e. The Balaban J connectivity index is 5.14. The molecule has 120 valence electrons. The van der Waals surface area contributed by atoms with Crippen LogP contribution < -0.4 is 0 Å². The summed E-state index contributed by atoms with van der Waals surface area (Å²) in [4.78, 5) is 43.6. The zero-order valence-corrected chi connectivity index (χ0v) is 12.5. The standard InChI is InChI=1S/C8H6Cl4O9/c9-1(3(13)14)7(11,19)5(17)21-6(18)8(12,20)2(10)4(15)16/h1-2,19-20H,(H,13,14)(H,15,16). The lowest BCUT2D eigenvalue weighted by molar-refractivity contribution is -0.178. The third-order valence-corrected chi connectivity index (χ3v) is 3.84. The maximum Gasteiger partial charge on any atom is 0.364 e. The fourth-order valence-electron chi connectivity index (χ4n) is 0.762. The molecule has 0 amide bonds. The predicted octanol–water partition coefficient (Wildman–Crippen LogP) is -0.705. The highest BCUT2D eigenvalue weighted by Crippen LogP contribution is 2.27. The third-order valence-electron chi connectivity index (χ3n) is 1.86. The molecule has 0 heterocycles. The minimum atomic E-state index is -3.39. The second kappa shape index (κ2) is 6.95. The van der Waals surface area contributed by atoms with Crippen LogP contribution in [0, 0.1) is 0 Å². The molecule has 4 atom stereocenters. The molecule has 4 N–H and O–H groups in total. The highest BCUT2D eigenvalue weighted by Gasteiger charge is 2.53. The van der Waals surface area contributed by atoms with E-state index >= 15 is 0 Å². The summed E-state index contributed by atoms with van der Waals surface area (Å²) in [6.45, 7) is 0. The van der Waals surface area contributed by atoms with Crippen LogP contribution in [0.5, 0.6) is 0 Å². The summed E-state index contributed by atoms with van der Waals surface area (Å²) in [5.41, 5.74) is 0. The van der Waals surface area contributed by atoms with Gasteiger partial charge in [0.15, 0.2) is 10.8 Å². The van der Waals surface area contributed by atoms with E-state index in [4.69, 9.17) is 56.6 Å². The van der Waals surface area contributed by atoms with Gasteiger partial charge in [0.1, 0.15) is 0 Å². The molecule has 0 aliphatic rings. The summed E-state index contributed by atoms with van der Waals surface area (Å²) in [5.74, 6) is -8.07. The Morgan fingerprint density at radius 1 is 0.810 bits per heavy atom. The summed E-state index contributed by atoms with van der Waals surface area (Å²) in [6.07, 6.45) is 0. The summed E-state index contributed by atoms with van der Waals surface area (Å²) in [7, 11) is 0. The summed E-state index contributed by atoms with van der Waals surface area (Å²) in [6, 6.07) is 0. The number of rotatable bonds is 6. The van der Waals surface area contributed by atoms with Crippen LogP contribution in [0.4, 0.5) is 0 Å². The van der Waals surface area contributed by atoms with Crippen LogP contribution >= 0.6 is 46.4 Å². The molecule has 9 nitrogen and oxygen atoms in total. The Bertz CT molecular complexity index is 432. The van der Waals surface area contributed by atoms with Gasteiger partial charge in [0.25, 0.3) is 10.1 Å². The van der Waals surface area contributed by atoms with Gasteiger partial charge in [0.2, 0.25) is 0 Å². The molecule has 13 heteroatoms. The summed E-state index contributed by atoms with van der Waals surface area (Å²) in [5, 5.41) is 24.0. The first-order valence-electron chi connectivity index (χ1n) is 4.59. The van der Waals surface area contributed by atoms with Gasteiger partial charge in [-0.15, -0.1) is 23.2 Å². The minimum absolute atomic E-state index is 1.93. The lowest BCUT2D eigenvalue weighted by atomic mass is 10.2. The van der Waals surface area contributed by atoms with Crippen LogP contribution in [0.3, 0.4) is 0 Å². The number of carbonyl (C=O) groups is 4. The molecule has 0 saturated heterocycles. The smallest absolute Gasteiger partial charge is 0.364 e. The highest BCUT2D eigenvalue weighted by molar-refractivity contribution is 6.46. The Labute approximate surface area is 135 Å². The van der Waals surface area contributed by atoms with Crippen molar-refractivity contribution < 1.29 is 44.3 Å². The van der Waals surface area contributed by atoms with Crippen LogP contribution in [0.2, 0.25) is 0 Å². The molecule has 0 aromatic carbocycles. The van der Waals surface area contributed by atoms with Crippen molar-refractivity contribution in [2.45, 2.75) is 20.9 Å². The van der Waals surface area contributed by atoms with Crippen LogP contribution in [0.25, 0.3) is 0 Å². The number of esters is 2. The average Bonchev–Trinajstić information content (AvgIpc) is 2.35. The van der Waals surface area contributed by atoms with Gasteiger partial charge in [0.05, 0.1) is 0 Å². The molecule has 0 aromatic heterocycles. The lowest BCUT2D eigenvalue weighted by Crippen LogP contribution is -2.52. The number of carboxylic acid groups (broad SMARTS) is 2. The molecule has 0 saturated carbocycles. The first-order chi connectivity index (χ1) is 9.26. The Morgan fingerprint density at radius 2 is 1.05 bits per heavy atom. The molecule has 0 rings (SSSR count). The van der Waals surface area contributed by atoms with Gasteiger partial charge in [-0.3, -0.25) is 9.59 Å². The van der Waals surface area contributed by atoms with Crippen molar-refractivity contribution in [3.8, 4) is 0 Å². The first-order valence-corrected chi connectivity index (χ1v) is 6.22. The van der Waals surface area contributed by atoms with Crippen molar-refractivity contribution in [3.63, 3.8) is 0 Å². The van der Waals surface area contributed by atoms with Gasteiger partial charge < -0.3 is 25.2 Å². The quantitative estimate of drug-likeness (QED) is 0.262. The molecule has 0 aliphatic carbocycles. The molecule has 0 bridgehead atoms. The second-order valence-electron chi connectivity index (χ2n) is 3.43. The van der Waals surface area contributed by atoms with E-state index in [0.29, 0.717) is 0 Å². The van der Waals surface area contributed by atoms with Gasteiger partial charge in [-0.1, -0.05) is 23.2 Å². The van der Waals surface area contributed by atoms with Crippen molar-refractivity contribution in [2.24, 2.45) is 0 Å². The Kier molecular flexibility index (Phi) is 6.67. The van der Waals surface area contributed by atoms with Crippen molar-refractivity contribution in [2.75, 3.05) is 0 Å². The van der Waals surface area contributed by atoms with Crippen LogP contribution in [-0.2, 0) is 23.9 Å². The molecule has 0 radical (unpaired) electrons.